The molecule has 0 atom stereocenters. The van der Waals surface area contributed by atoms with Crippen LogP contribution < -0.4 is 5.32 Å². The average molecular weight is 385 g/mol. The molecule has 1 aliphatic carbocycles. The molecule has 0 saturated heterocycles. The van der Waals surface area contributed by atoms with Crippen LogP contribution in [-0.2, 0) is 11.3 Å². The van der Waals surface area contributed by atoms with Crippen molar-refractivity contribution in [2.24, 2.45) is 0 Å². The summed E-state index contributed by atoms with van der Waals surface area (Å²) >= 11 is 0. The monoisotopic (exact) mass is 385 g/mol. The molecule has 0 bridgehead atoms. The molecule has 0 radical (unpaired) electrons. The predicted molar refractivity (Wildman–Crippen MR) is 114 cm³/mol. The van der Waals surface area contributed by atoms with Gasteiger partial charge in [-0.25, -0.2) is 4.79 Å². The molecule has 1 amide bonds. The molecule has 1 aliphatic rings. The van der Waals surface area contributed by atoms with Gasteiger partial charge >= 0.3 is 6.09 Å². The van der Waals surface area contributed by atoms with Crippen molar-refractivity contribution >= 4 is 12.2 Å². The molecule has 0 fully saturated rings. The molecule has 146 valence electrons. The number of hydrogen-bond acceptors (Lipinski definition) is 3. The molecule has 0 unspecified atom stereocenters. The fourth-order valence-corrected chi connectivity index (χ4v) is 3.78. The van der Waals surface area contributed by atoms with Gasteiger partial charge in [-0.1, -0.05) is 78.9 Å². The van der Waals surface area contributed by atoms with Gasteiger partial charge in [0.1, 0.15) is 6.61 Å². The van der Waals surface area contributed by atoms with Crippen LogP contribution in [0.3, 0.4) is 0 Å². The van der Waals surface area contributed by atoms with E-state index in [0.29, 0.717) is 13.2 Å². The molecule has 29 heavy (non-hydrogen) atoms. The number of rotatable bonds is 6. The Kier molecular flexibility index (Phi) is 5.73. The van der Waals surface area contributed by atoms with Gasteiger partial charge in [0.25, 0.3) is 0 Å². The summed E-state index contributed by atoms with van der Waals surface area (Å²) in [5, 5.41) is 11.9. The summed E-state index contributed by atoms with van der Waals surface area (Å²) in [6.45, 7) is 0.696. The van der Waals surface area contributed by atoms with E-state index in [-0.39, 0.29) is 12.5 Å². The van der Waals surface area contributed by atoms with E-state index < -0.39 is 6.09 Å². The van der Waals surface area contributed by atoms with E-state index in [9.17, 15) is 9.90 Å². The molecule has 4 heteroatoms. The van der Waals surface area contributed by atoms with Gasteiger partial charge in [-0.3, -0.25) is 0 Å². The number of aliphatic hydroxyl groups excluding tert-OH is 1. The quantitative estimate of drug-likeness (QED) is 0.645. The molecule has 0 spiro atoms. The van der Waals surface area contributed by atoms with Crippen molar-refractivity contribution in [2.75, 3.05) is 13.2 Å². The van der Waals surface area contributed by atoms with Crippen LogP contribution in [0.4, 0.5) is 4.79 Å². The molecule has 3 aromatic carbocycles. The average Bonchev–Trinajstić information content (AvgIpc) is 3.09. The number of hydrogen-bond donors (Lipinski definition) is 2. The van der Waals surface area contributed by atoms with Gasteiger partial charge in [0.05, 0.1) is 6.61 Å². The van der Waals surface area contributed by atoms with Crippen molar-refractivity contribution in [2.45, 2.75) is 12.5 Å². The van der Waals surface area contributed by atoms with Gasteiger partial charge in [0.2, 0.25) is 0 Å². The Hall–Kier alpha value is -3.37. The van der Waals surface area contributed by atoms with Crippen LogP contribution in [0.1, 0.15) is 28.2 Å². The summed E-state index contributed by atoms with van der Waals surface area (Å²) in [4.78, 5) is 12.1. The number of nitrogens with one attached hydrogen (secondary N) is 1. The standard InChI is InChI=1S/C25H23NO3/c27-16-19-8-5-7-18(15-19)9-6-14-26-25(28)29-17-24-22-12-3-1-10-20(22)21-11-2-4-13-23(21)24/h1-13,15,24,27H,14,16-17H2,(H,26,28). The molecule has 4 nitrogen and oxygen atoms in total. The molecule has 0 heterocycles. The third-order valence-electron chi connectivity index (χ3n) is 5.15. The Morgan fingerprint density at radius 3 is 2.34 bits per heavy atom. The van der Waals surface area contributed by atoms with E-state index in [1.54, 1.807) is 0 Å². The number of ether oxygens (including phenoxy) is 1. The zero-order valence-electron chi connectivity index (χ0n) is 16.0. The minimum atomic E-state index is -0.430. The van der Waals surface area contributed by atoms with Gasteiger partial charge in [-0.15, -0.1) is 0 Å². The van der Waals surface area contributed by atoms with Gasteiger partial charge in [0, 0.05) is 12.5 Å². The summed E-state index contributed by atoms with van der Waals surface area (Å²) in [6.07, 6.45) is 3.33. The highest BCUT2D eigenvalue weighted by Crippen LogP contribution is 2.44. The van der Waals surface area contributed by atoms with Gasteiger partial charge < -0.3 is 15.2 Å². The summed E-state index contributed by atoms with van der Waals surface area (Å²) in [5.74, 6) is 0.0601. The molecular formula is C25H23NO3. The number of benzene rings is 3. The Bertz CT molecular complexity index is 996. The van der Waals surface area contributed by atoms with Crippen molar-refractivity contribution in [3.05, 3.63) is 101 Å². The van der Waals surface area contributed by atoms with Crippen molar-refractivity contribution in [3.63, 3.8) is 0 Å². The first-order chi connectivity index (χ1) is 14.3. The number of carbonyl (C=O) groups is 1. The van der Waals surface area contributed by atoms with Crippen LogP contribution in [0, 0.1) is 0 Å². The second kappa shape index (κ2) is 8.76. The second-order valence-electron chi connectivity index (χ2n) is 7.01. The topological polar surface area (TPSA) is 58.6 Å². The highest BCUT2D eigenvalue weighted by Gasteiger charge is 2.28. The fraction of sp³-hybridized carbons (Fsp3) is 0.160. The maximum absolute atomic E-state index is 12.1. The summed E-state index contributed by atoms with van der Waals surface area (Å²) in [5.41, 5.74) is 6.66. The van der Waals surface area contributed by atoms with Crippen LogP contribution in [0.25, 0.3) is 17.2 Å². The largest absolute Gasteiger partial charge is 0.449 e. The molecule has 0 aliphatic heterocycles. The molecular weight excluding hydrogens is 362 g/mol. The van der Waals surface area contributed by atoms with Crippen LogP contribution in [-0.4, -0.2) is 24.4 Å². The van der Waals surface area contributed by atoms with E-state index in [1.165, 1.54) is 22.3 Å². The van der Waals surface area contributed by atoms with Gasteiger partial charge in [-0.05, 0) is 39.4 Å². The van der Waals surface area contributed by atoms with Crippen LogP contribution in [0.15, 0.2) is 78.9 Å². The number of aliphatic hydroxyl groups is 1. The maximum Gasteiger partial charge on any atom is 0.407 e. The van der Waals surface area contributed by atoms with Crippen molar-refractivity contribution in [1.29, 1.82) is 0 Å². The highest BCUT2D eigenvalue weighted by atomic mass is 16.5. The number of carbonyl (C=O) groups excluding carboxylic acids is 1. The Morgan fingerprint density at radius 1 is 0.966 bits per heavy atom. The normalized spacial score (nSPS) is 12.6. The number of amides is 1. The SMILES string of the molecule is O=C(NCC=Cc1cccc(CO)c1)OCC1c2ccccc2-c2ccccc21. The minimum absolute atomic E-state index is 0.0136. The smallest absolute Gasteiger partial charge is 0.407 e. The number of fused-ring (bicyclic) bond motifs is 3. The second-order valence-corrected chi connectivity index (χ2v) is 7.01. The third kappa shape index (κ3) is 4.23. The van der Waals surface area contributed by atoms with Crippen LogP contribution >= 0.6 is 0 Å². The van der Waals surface area contributed by atoms with Crippen LogP contribution in [0.2, 0.25) is 0 Å². The van der Waals surface area contributed by atoms with Crippen molar-refractivity contribution in [3.8, 4) is 11.1 Å². The van der Waals surface area contributed by atoms with Crippen molar-refractivity contribution < 1.29 is 14.6 Å². The molecule has 2 N–H and O–H groups in total. The molecule has 3 aromatic rings. The Morgan fingerprint density at radius 2 is 1.66 bits per heavy atom. The fourth-order valence-electron chi connectivity index (χ4n) is 3.78. The zero-order valence-corrected chi connectivity index (χ0v) is 16.0. The summed E-state index contributed by atoms with van der Waals surface area (Å²) in [7, 11) is 0. The minimum Gasteiger partial charge on any atom is -0.449 e. The molecule has 0 saturated carbocycles. The predicted octanol–water partition coefficient (Wildman–Crippen LogP) is 4.73. The van der Waals surface area contributed by atoms with Crippen molar-refractivity contribution in [1.82, 2.24) is 5.32 Å². The van der Waals surface area contributed by atoms with E-state index in [2.05, 4.69) is 29.6 Å². The highest BCUT2D eigenvalue weighted by molar-refractivity contribution is 5.79. The lowest BCUT2D eigenvalue weighted by molar-refractivity contribution is 0.144. The van der Waals surface area contributed by atoms with Gasteiger partial charge in [-0.2, -0.15) is 0 Å². The first-order valence-corrected chi connectivity index (χ1v) is 9.71. The van der Waals surface area contributed by atoms with Gasteiger partial charge in [0.15, 0.2) is 0 Å². The van der Waals surface area contributed by atoms with Crippen LogP contribution in [0.5, 0.6) is 0 Å². The summed E-state index contributed by atoms with van der Waals surface area (Å²) in [6, 6.07) is 24.2. The van der Waals surface area contributed by atoms with E-state index >= 15 is 0 Å². The van der Waals surface area contributed by atoms with E-state index in [1.807, 2.05) is 60.7 Å². The Labute approximate surface area is 170 Å². The number of alkyl carbamates (subject to hydrolysis) is 1. The van der Waals surface area contributed by atoms with E-state index in [0.717, 1.165) is 11.1 Å². The lowest BCUT2D eigenvalue weighted by atomic mass is 9.98. The van der Waals surface area contributed by atoms with E-state index in [4.69, 9.17) is 4.74 Å². The first kappa shape index (κ1) is 19.0. The molecule has 0 aromatic heterocycles. The zero-order chi connectivity index (χ0) is 20.1. The lowest BCUT2D eigenvalue weighted by Crippen LogP contribution is -2.26. The first-order valence-electron chi connectivity index (χ1n) is 9.71. The lowest BCUT2D eigenvalue weighted by Gasteiger charge is -2.14. The summed E-state index contributed by atoms with van der Waals surface area (Å²) < 4.78 is 5.51. The Balaban J connectivity index is 1.32. The molecule has 4 rings (SSSR count). The maximum atomic E-state index is 12.1. The third-order valence-corrected chi connectivity index (χ3v) is 5.15.